The highest BCUT2D eigenvalue weighted by atomic mass is 35.5. The van der Waals surface area contributed by atoms with Crippen LogP contribution in [-0.4, -0.2) is 22.9 Å². The Balaban J connectivity index is 2.15. The van der Waals surface area contributed by atoms with Crippen molar-refractivity contribution in [3.05, 3.63) is 10.0 Å². The van der Waals surface area contributed by atoms with Crippen molar-refractivity contribution in [2.75, 3.05) is 6.61 Å². The topological polar surface area (TPSA) is 35.0 Å². The minimum Gasteiger partial charge on any atom is -0.378 e. The second-order valence-corrected chi connectivity index (χ2v) is 4.50. The molecule has 0 bridgehead atoms. The number of hydrogen-bond donors (Lipinski definition) is 0. The molecule has 1 fully saturated rings. The Morgan fingerprint density at radius 2 is 2.46 bits per heavy atom. The van der Waals surface area contributed by atoms with Crippen molar-refractivity contribution in [1.82, 2.24) is 10.2 Å². The summed E-state index contributed by atoms with van der Waals surface area (Å²) in [6.07, 6.45) is 1.33. The van der Waals surface area contributed by atoms with Crippen LogP contribution in [0.5, 0.6) is 0 Å². The van der Waals surface area contributed by atoms with Crippen molar-refractivity contribution in [3.8, 4) is 0 Å². The zero-order valence-corrected chi connectivity index (χ0v) is 8.94. The van der Waals surface area contributed by atoms with Crippen molar-refractivity contribution in [2.24, 2.45) is 0 Å². The summed E-state index contributed by atoms with van der Waals surface area (Å²) >= 11 is 7.26. The highest BCUT2D eigenvalue weighted by Gasteiger charge is 2.28. The lowest BCUT2D eigenvalue weighted by atomic mass is 10.0. The van der Waals surface area contributed by atoms with E-state index in [0.717, 1.165) is 23.0 Å². The zero-order valence-electron chi connectivity index (χ0n) is 7.36. The van der Waals surface area contributed by atoms with Gasteiger partial charge in [-0.25, -0.2) is 0 Å². The molecule has 1 aromatic heterocycles. The average Bonchev–Trinajstić information content (AvgIpc) is 2.71. The first-order valence-corrected chi connectivity index (χ1v) is 5.66. The fourth-order valence-corrected chi connectivity index (χ4v) is 2.66. The quantitative estimate of drug-likeness (QED) is 0.714. The van der Waals surface area contributed by atoms with E-state index in [2.05, 4.69) is 17.1 Å². The van der Waals surface area contributed by atoms with Crippen molar-refractivity contribution >= 4 is 22.9 Å². The van der Waals surface area contributed by atoms with Crippen LogP contribution in [0.2, 0.25) is 0 Å². The summed E-state index contributed by atoms with van der Waals surface area (Å²) in [6, 6.07) is 0. The van der Waals surface area contributed by atoms with Crippen LogP contribution in [0, 0.1) is 0 Å². The number of ether oxygens (including phenoxy) is 1. The van der Waals surface area contributed by atoms with E-state index >= 15 is 0 Å². The van der Waals surface area contributed by atoms with Crippen molar-refractivity contribution in [1.29, 1.82) is 0 Å². The van der Waals surface area contributed by atoms with Gasteiger partial charge in [0.05, 0.1) is 12.0 Å². The van der Waals surface area contributed by atoms with Crippen LogP contribution in [0.3, 0.4) is 0 Å². The van der Waals surface area contributed by atoms with Crippen LogP contribution in [0.15, 0.2) is 0 Å². The Labute approximate surface area is 86.1 Å². The predicted molar refractivity (Wildman–Crippen MR) is 52.2 cm³/mol. The lowest BCUT2D eigenvalue weighted by Gasteiger charge is -2.08. The van der Waals surface area contributed by atoms with Crippen molar-refractivity contribution < 1.29 is 4.74 Å². The summed E-state index contributed by atoms with van der Waals surface area (Å²) in [6.45, 7) is 2.92. The van der Waals surface area contributed by atoms with Crippen LogP contribution in [0.1, 0.15) is 29.3 Å². The zero-order chi connectivity index (χ0) is 9.26. The van der Waals surface area contributed by atoms with Crippen LogP contribution in [0.4, 0.5) is 0 Å². The second kappa shape index (κ2) is 3.90. The van der Waals surface area contributed by atoms with Gasteiger partial charge in [0.15, 0.2) is 0 Å². The molecule has 2 atom stereocenters. The van der Waals surface area contributed by atoms with Crippen LogP contribution >= 0.6 is 22.9 Å². The fourth-order valence-electron chi connectivity index (χ4n) is 1.53. The Morgan fingerprint density at radius 3 is 3.00 bits per heavy atom. The van der Waals surface area contributed by atoms with Gasteiger partial charge in [-0.15, -0.1) is 21.8 Å². The minimum absolute atomic E-state index is 0.274. The van der Waals surface area contributed by atoms with Crippen LogP contribution in [0.25, 0.3) is 0 Å². The molecule has 0 amide bonds. The lowest BCUT2D eigenvalue weighted by Crippen LogP contribution is -2.08. The van der Waals surface area contributed by atoms with E-state index in [1.165, 1.54) is 0 Å². The van der Waals surface area contributed by atoms with E-state index in [9.17, 15) is 0 Å². The van der Waals surface area contributed by atoms with Crippen LogP contribution < -0.4 is 0 Å². The molecule has 5 heteroatoms. The van der Waals surface area contributed by atoms with E-state index in [0.29, 0.717) is 11.8 Å². The number of rotatable bonds is 2. The van der Waals surface area contributed by atoms with Gasteiger partial charge in [0.25, 0.3) is 0 Å². The van der Waals surface area contributed by atoms with Crippen LogP contribution in [-0.2, 0) is 10.6 Å². The van der Waals surface area contributed by atoms with Gasteiger partial charge in [-0.05, 0) is 13.3 Å². The maximum absolute atomic E-state index is 5.66. The maximum Gasteiger partial charge on any atom is 0.132 e. The lowest BCUT2D eigenvalue weighted by molar-refractivity contribution is 0.118. The molecule has 0 aromatic carbocycles. The summed E-state index contributed by atoms with van der Waals surface area (Å²) in [5.74, 6) is 0.883. The summed E-state index contributed by atoms with van der Waals surface area (Å²) in [7, 11) is 0. The molecular formula is C8H11ClN2OS. The van der Waals surface area contributed by atoms with E-state index in [1.54, 1.807) is 11.3 Å². The summed E-state index contributed by atoms with van der Waals surface area (Å²) < 4.78 is 5.47. The summed E-state index contributed by atoms with van der Waals surface area (Å²) in [4.78, 5) is 0. The SMILES string of the molecule is CC1OCCC1c1nnc(CCl)s1. The second-order valence-electron chi connectivity index (χ2n) is 3.14. The first-order valence-electron chi connectivity index (χ1n) is 4.31. The van der Waals surface area contributed by atoms with E-state index in [1.807, 2.05) is 0 Å². The molecule has 0 aliphatic carbocycles. The smallest absolute Gasteiger partial charge is 0.132 e. The van der Waals surface area contributed by atoms with Gasteiger partial charge < -0.3 is 4.74 Å². The molecule has 72 valence electrons. The Morgan fingerprint density at radius 1 is 1.62 bits per heavy atom. The van der Waals surface area contributed by atoms with Crippen molar-refractivity contribution in [3.63, 3.8) is 0 Å². The third kappa shape index (κ3) is 1.85. The first kappa shape index (κ1) is 9.37. The highest BCUT2D eigenvalue weighted by Crippen LogP contribution is 2.32. The fraction of sp³-hybridized carbons (Fsp3) is 0.750. The molecule has 13 heavy (non-hydrogen) atoms. The molecule has 0 N–H and O–H groups in total. The Bertz CT molecular complexity index is 291. The normalized spacial score (nSPS) is 28.2. The molecular weight excluding hydrogens is 208 g/mol. The molecule has 0 radical (unpaired) electrons. The summed E-state index contributed by atoms with van der Waals surface area (Å²) in [5.41, 5.74) is 0. The van der Waals surface area contributed by atoms with Gasteiger partial charge in [-0.3, -0.25) is 0 Å². The molecule has 1 aliphatic rings. The molecule has 3 nitrogen and oxygen atoms in total. The minimum atomic E-state index is 0.274. The standard InChI is InChI=1S/C8H11ClN2OS/c1-5-6(2-3-12-5)8-11-10-7(4-9)13-8/h5-6H,2-4H2,1H3. The Kier molecular flexibility index (Phi) is 2.81. The molecule has 2 unspecified atom stereocenters. The molecule has 0 spiro atoms. The third-order valence-electron chi connectivity index (χ3n) is 2.29. The largest absolute Gasteiger partial charge is 0.378 e. The summed E-state index contributed by atoms with van der Waals surface area (Å²) in [5, 5.41) is 10.1. The van der Waals surface area contributed by atoms with Crippen molar-refractivity contribution in [2.45, 2.75) is 31.2 Å². The highest BCUT2D eigenvalue weighted by molar-refractivity contribution is 7.11. The van der Waals surface area contributed by atoms with Gasteiger partial charge >= 0.3 is 0 Å². The van der Waals surface area contributed by atoms with Gasteiger partial charge in [0, 0.05) is 12.5 Å². The first-order chi connectivity index (χ1) is 6.31. The van der Waals surface area contributed by atoms with E-state index in [4.69, 9.17) is 16.3 Å². The number of nitrogens with zero attached hydrogens (tertiary/aromatic N) is 2. The predicted octanol–water partition coefficient (Wildman–Crippen LogP) is 2.17. The number of hydrogen-bond acceptors (Lipinski definition) is 4. The van der Waals surface area contributed by atoms with Gasteiger partial charge in [-0.2, -0.15) is 0 Å². The number of aromatic nitrogens is 2. The number of alkyl halides is 1. The Hall–Kier alpha value is -0.190. The molecule has 1 saturated heterocycles. The third-order valence-corrected chi connectivity index (χ3v) is 3.76. The molecule has 0 saturated carbocycles. The van der Waals surface area contributed by atoms with Gasteiger partial charge in [0.1, 0.15) is 10.0 Å². The van der Waals surface area contributed by atoms with E-state index < -0.39 is 0 Å². The molecule has 2 rings (SSSR count). The van der Waals surface area contributed by atoms with Gasteiger partial charge in [-0.1, -0.05) is 11.3 Å². The monoisotopic (exact) mass is 218 g/mol. The molecule has 2 heterocycles. The molecule has 1 aliphatic heterocycles. The van der Waals surface area contributed by atoms with E-state index in [-0.39, 0.29) is 6.10 Å². The molecule has 1 aromatic rings. The maximum atomic E-state index is 5.66. The van der Waals surface area contributed by atoms with Gasteiger partial charge in [0.2, 0.25) is 0 Å². The number of halogens is 1. The average molecular weight is 219 g/mol.